The van der Waals surface area contributed by atoms with Crippen LogP contribution in [-0.4, -0.2) is 25.5 Å². The fourth-order valence-electron chi connectivity index (χ4n) is 0.510. The van der Waals surface area contributed by atoms with E-state index in [-0.39, 0.29) is 6.03 Å². The first kappa shape index (κ1) is 9.56. The Kier molecular flexibility index (Phi) is 6.38. The van der Waals surface area contributed by atoms with Crippen molar-refractivity contribution in [3.05, 3.63) is 0 Å². The van der Waals surface area contributed by atoms with Crippen LogP contribution in [-0.2, 0) is 0 Å². The monoisotopic (exact) mass is 164 g/mol. The van der Waals surface area contributed by atoms with Crippen LogP contribution in [0.4, 0.5) is 4.79 Å². The minimum atomic E-state index is -0.130. The molecule has 0 aliphatic rings. The number of hydrogen-bond donors (Lipinski definition) is 2. The second-order valence-electron chi connectivity index (χ2n) is 1.90. The third kappa shape index (κ3) is 5.69. The van der Waals surface area contributed by atoms with E-state index in [4.69, 9.17) is 11.6 Å². The maximum atomic E-state index is 10.5. The van der Waals surface area contributed by atoms with E-state index >= 15 is 0 Å². The highest BCUT2D eigenvalue weighted by atomic mass is 35.5. The first-order valence-electron chi connectivity index (χ1n) is 3.32. The second-order valence-corrected chi connectivity index (χ2v) is 2.28. The highest BCUT2D eigenvalue weighted by Gasteiger charge is 1.92. The van der Waals surface area contributed by atoms with Crippen LogP contribution in [0.5, 0.6) is 0 Å². The first-order chi connectivity index (χ1) is 4.81. The summed E-state index contributed by atoms with van der Waals surface area (Å²) in [4.78, 5) is 10.5. The SMILES string of the molecule is CNC(=O)NCCCCCl. The van der Waals surface area contributed by atoms with E-state index in [1.165, 1.54) is 0 Å². The van der Waals surface area contributed by atoms with Crippen molar-refractivity contribution in [3.8, 4) is 0 Å². The van der Waals surface area contributed by atoms with Gasteiger partial charge >= 0.3 is 6.03 Å². The van der Waals surface area contributed by atoms with Gasteiger partial charge in [-0.3, -0.25) is 0 Å². The van der Waals surface area contributed by atoms with Gasteiger partial charge in [-0.25, -0.2) is 4.79 Å². The van der Waals surface area contributed by atoms with Crippen LogP contribution in [0.25, 0.3) is 0 Å². The summed E-state index contributed by atoms with van der Waals surface area (Å²) in [5.41, 5.74) is 0. The molecule has 60 valence electrons. The number of halogens is 1. The largest absolute Gasteiger partial charge is 0.341 e. The molecule has 3 nitrogen and oxygen atoms in total. The summed E-state index contributed by atoms with van der Waals surface area (Å²) in [6.45, 7) is 0.701. The van der Waals surface area contributed by atoms with Gasteiger partial charge in [0.25, 0.3) is 0 Å². The summed E-state index contributed by atoms with van der Waals surface area (Å²) in [7, 11) is 1.59. The quantitative estimate of drug-likeness (QED) is 0.471. The Bertz CT molecular complexity index is 97.7. The van der Waals surface area contributed by atoms with Gasteiger partial charge in [-0.2, -0.15) is 0 Å². The molecule has 0 rings (SSSR count). The van der Waals surface area contributed by atoms with E-state index in [0.29, 0.717) is 12.4 Å². The molecule has 0 unspecified atom stereocenters. The Morgan fingerprint density at radius 3 is 2.70 bits per heavy atom. The van der Waals surface area contributed by atoms with E-state index in [0.717, 1.165) is 12.8 Å². The van der Waals surface area contributed by atoms with Gasteiger partial charge < -0.3 is 10.6 Å². The van der Waals surface area contributed by atoms with Crippen molar-refractivity contribution in [1.29, 1.82) is 0 Å². The van der Waals surface area contributed by atoms with Crippen LogP contribution in [0, 0.1) is 0 Å². The topological polar surface area (TPSA) is 41.1 Å². The van der Waals surface area contributed by atoms with Gasteiger partial charge in [-0.15, -0.1) is 11.6 Å². The average molecular weight is 165 g/mol. The molecule has 0 fully saturated rings. The van der Waals surface area contributed by atoms with E-state index in [9.17, 15) is 4.79 Å². The van der Waals surface area contributed by atoms with Crippen molar-refractivity contribution in [3.63, 3.8) is 0 Å². The molecular weight excluding hydrogens is 152 g/mol. The molecular formula is C6H13ClN2O. The lowest BCUT2D eigenvalue weighted by molar-refractivity contribution is 0.243. The van der Waals surface area contributed by atoms with Gasteiger partial charge in [-0.1, -0.05) is 0 Å². The smallest absolute Gasteiger partial charge is 0.314 e. The predicted octanol–water partition coefficient (Wildman–Crippen LogP) is 0.934. The molecule has 0 aromatic rings. The van der Waals surface area contributed by atoms with Crippen LogP contribution >= 0.6 is 11.6 Å². The molecule has 0 aliphatic carbocycles. The lowest BCUT2D eigenvalue weighted by Gasteiger charge is -2.01. The Labute approximate surface area is 66.1 Å². The number of hydrogen-bond acceptors (Lipinski definition) is 1. The molecule has 0 saturated heterocycles. The van der Waals surface area contributed by atoms with E-state index in [2.05, 4.69) is 10.6 Å². The fourth-order valence-corrected chi connectivity index (χ4v) is 0.699. The summed E-state index contributed by atoms with van der Waals surface area (Å²) < 4.78 is 0. The van der Waals surface area contributed by atoms with Crippen LogP contribution in [0.15, 0.2) is 0 Å². The lowest BCUT2D eigenvalue weighted by atomic mass is 10.3. The molecule has 0 saturated carbocycles. The second kappa shape index (κ2) is 6.68. The molecule has 4 heteroatoms. The van der Waals surface area contributed by atoms with Crippen LogP contribution in [0.3, 0.4) is 0 Å². The maximum absolute atomic E-state index is 10.5. The summed E-state index contributed by atoms with van der Waals surface area (Å²) in [5.74, 6) is 0.662. The van der Waals surface area contributed by atoms with Crippen molar-refractivity contribution in [2.75, 3.05) is 19.5 Å². The third-order valence-electron chi connectivity index (χ3n) is 1.07. The molecule has 10 heavy (non-hydrogen) atoms. The summed E-state index contributed by atoms with van der Waals surface area (Å²) in [6.07, 6.45) is 1.89. The molecule has 0 aromatic carbocycles. The zero-order valence-corrected chi connectivity index (χ0v) is 6.87. The molecule has 0 aromatic heterocycles. The molecule has 2 amide bonds. The van der Waals surface area contributed by atoms with Crippen molar-refractivity contribution >= 4 is 17.6 Å². The number of nitrogens with one attached hydrogen (secondary N) is 2. The molecule has 0 spiro atoms. The third-order valence-corrected chi connectivity index (χ3v) is 1.34. The van der Waals surface area contributed by atoms with Crippen LogP contribution in [0.2, 0.25) is 0 Å². The molecule has 0 bridgehead atoms. The van der Waals surface area contributed by atoms with Gasteiger partial charge in [0, 0.05) is 19.5 Å². The molecule has 0 heterocycles. The van der Waals surface area contributed by atoms with Crippen LogP contribution < -0.4 is 10.6 Å². The van der Waals surface area contributed by atoms with E-state index in [1.54, 1.807) is 7.05 Å². The molecule has 2 N–H and O–H groups in total. The molecule has 0 atom stereocenters. The highest BCUT2D eigenvalue weighted by Crippen LogP contribution is 1.88. The lowest BCUT2D eigenvalue weighted by Crippen LogP contribution is -2.33. The number of unbranched alkanes of at least 4 members (excludes halogenated alkanes) is 1. The summed E-state index contributed by atoms with van der Waals surface area (Å²) in [5, 5.41) is 5.12. The minimum Gasteiger partial charge on any atom is -0.341 e. The van der Waals surface area contributed by atoms with Crippen molar-refractivity contribution in [2.24, 2.45) is 0 Å². The normalized spacial score (nSPS) is 9.00. The van der Waals surface area contributed by atoms with E-state index < -0.39 is 0 Å². The molecule has 0 aliphatic heterocycles. The van der Waals surface area contributed by atoms with Gasteiger partial charge in [-0.05, 0) is 12.8 Å². The Morgan fingerprint density at radius 2 is 2.20 bits per heavy atom. The Balaban J connectivity index is 2.96. The van der Waals surface area contributed by atoms with Crippen molar-refractivity contribution in [1.82, 2.24) is 10.6 Å². The number of rotatable bonds is 4. The first-order valence-corrected chi connectivity index (χ1v) is 3.86. The summed E-state index contributed by atoms with van der Waals surface area (Å²) >= 11 is 5.42. The van der Waals surface area contributed by atoms with Gasteiger partial charge in [0.2, 0.25) is 0 Å². The Hall–Kier alpha value is -0.440. The van der Waals surface area contributed by atoms with Gasteiger partial charge in [0.15, 0.2) is 0 Å². The zero-order chi connectivity index (χ0) is 7.82. The van der Waals surface area contributed by atoms with Gasteiger partial charge in [0.1, 0.15) is 0 Å². The number of amides is 2. The van der Waals surface area contributed by atoms with E-state index in [1.807, 2.05) is 0 Å². The standard InChI is InChI=1S/C6H13ClN2O/c1-8-6(10)9-5-3-2-4-7/h2-5H2,1H3,(H2,8,9,10). The van der Waals surface area contributed by atoms with Gasteiger partial charge in [0.05, 0.1) is 0 Å². The molecule has 0 radical (unpaired) electrons. The average Bonchev–Trinajstić information content (AvgIpc) is 1.98. The van der Waals surface area contributed by atoms with Crippen LogP contribution in [0.1, 0.15) is 12.8 Å². The van der Waals surface area contributed by atoms with Crippen molar-refractivity contribution in [2.45, 2.75) is 12.8 Å². The number of urea groups is 1. The van der Waals surface area contributed by atoms with Crippen molar-refractivity contribution < 1.29 is 4.79 Å². The zero-order valence-electron chi connectivity index (χ0n) is 6.11. The number of carbonyl (C=O) groups is 1. The predicted molar refractivity (Wildman–Crippen MR) is 42.4 cm³/mol. The minimum absolute atomic E-state index is 0.130. The Morgan fingerprint density at radius 1 is 1.50 bits per heavy atom. The number of alkyl halides is 1. The summed E-state index contributed by atoms with van der Waals surface area (Å²) in [6, 6.07) is -0.130. The number of carbonyl (C=O) groups excluding carboxylic acids is 1. The fraction of sp³-hybridized carbons (Fsp3) is 0.833. The highest BCUT2D eigenvalue weighted by molar-refractivity contribution is 6.17. The maximum Gasteiger partial charge on any atom is 0.314 e.